The normalized spacial score (nSPS) is 20.1. The van der Waals surface area contributed by atoms with E-state index in [2.05, 4.69) is 11.8 Å². The van der Waals surface area contributed by atoms with Gasteiger partial charge in [0.05, 0.1) is 11.3 Å². The van der Waals surface area contributed by atoms with Crippen LogP contribution in [0, 0.1) is 0 Å². The van der Waals surface area contributed by atoms with Crippen LogP contribution in [0.4, 0.5) is 5.69 Å². The number of hydrogen-bond donors (Lipinski definition) is 1. The molecule has 4 heteroatoms. The summed E-state index contributed by atoms with van der Waals surface area (Å²) < 4.78 is 0. The number of carboxylic acids is 1. The predicted octanol–water partition coefficient (Wildman–Crippen LogP) is 4.20. The lowest BCUT2D eigenvalue weighted by molar-refractivity contribution is 0.0697. The van der Waals surface area contributed by atoms with E-state index in [0.717, 1.165) is 31.5 Å². The van der Waals surface area contributed by atoms with Crippen molar-refractivity contribution in [3.8, 4) is 0 Å². The zero-order valence-electron chi connectivity index (χ0n) is 11.2. The van der Waals surface area contributed by atoms with Crippen molar-refractivity contribution < 1.29 is 9.90 Å². The fourth-order valence-electron chi connectivity index (χ4n) is 2.85. The third-order valence-corrected chi connectivity index (χ3v) is 4.08. The van der Waals surface area contributed by atoms with Gasteiger partial charge in [-0.15, -0.1) is 0 Å². The van der Waals surface area contributed by atoms with E-state index in [9.17, 15) is 9.90 Å². The molecule has 3 nitrogen and oxygen atoms in total. The van der Waals surface area contributed by atoms with Crippen LogP contribution < -0.4 is 4.90 Å². The number of carboxylic acid groups (broad SMARTS) is 1. The van der Waals surface area contributed by atoms with Gasteiger partial charge in [-0.2, -0.15) is 0 Å². The van der Waals surface area contributed by atoms with Gasteiger partial charge >= 0.3 is 5.97 Å². The van der Waals surface area contributed by atoms with Crippen molar-refractivity contribution in [1.82, 2.24) is 0 Å². The van der Waals surface area contributed by atoms with Crippen molar-refractivity contribution in [2.45, 2.75) is 45.1 Å². The van der Waals surface area contributed by atoms with E-state index < -0.39 is 5.97 Å². The summed E-state index contributed by atoms with van der Waals surface area (Å²) in [6.07, 6.45) is 5.76. The lowest BCUT2D eigenvalue weighted by Gasteiger charge is -2.32. The second kappa shape index (κ2) is 6.29. The predicted molar refractivity (Wildman–Crippen MR) is 78.3 cm³/mol. The summed E-state index contributed by atoms with van der Waals surface area (Å²) >= 11 is 5.92. The maximum atomic E-state index is 11.4. The van der Waals surface area contributed by atoms with Crippen LogP contribution >= 0.6 is 11.6 Å². The molecule has 0 spiro atoms. The summed E-state index contributed by atoms with van der Waals surface area (Å²) in [6, 6.07) is 5.61. The number of anilines is 1. The number of aromatic carboxylic acids is 1. The second-order valence-electron chi connectivity index (χ2n) is 5.07. The number of hydrogen-bond acceptors (Lipinski definition) is 2. The molecular formula is C15H20ClNO2. The standard InChI is InChI=1S/C15H20ClNO2/c1-2-12-6-4-3-5-9-17(12)14-8-7-11(16)10-13(14)15(18)19/h7-8,10,12H,2-6,9H2,1H3,(H,18,19). The van der Waals surface area contributed by atoms with Crippen LogP contribution in [0.3, 0.4) is 0 Å². The molecule has 0 aromatic heterocycles. The molecular weight excluding hydrogens is 262 g/mol. The van der Waals surface area contributed by atoms with Gasteiger partial charge in [-0.3, -0.25) is 0 Å². The Labute approximate surface area is 119 Å². The fraction of sp³-hybridized carbons (Fsp3) is 0.533. The molecule has 1 atom stereocenters. The van der Waals surface area contributed by atoms with Crippen molar-refractivity contribution in [2.75, 3.05) is 11.4 Å². The topological polar surface area (TPSA) is 40.5 Å². The molecule has 0 saturated carbocycles. The molecule has 0 aliphatic carbocycles. The van der Waals surface area contributed by atoms with E-state index in [0.29, 0.717) is 16.6 Å². The summed E-state index contributed by atoms with van der Waals surface area (Å²) in [5, 5.41) is 9.84. The number of benzene rings is 1. The average Bonchev–Trinajstić information content (AvgIpc) is 2.63. The molecule has 1 saturated heterocycles. The van der Waals surface area contributed by atoms with E-state index in [1.807, 2.05) is 6.07 Å². The van der Waals surface area contributed by atoms with Crippen molar-refractivity contribution in [3.63, 3.8) is 0 Å². The van der Waals surface area contributed by atoms with E-state index in [1.165, 1.54) is 12.8 Å². The van der Waals surface area contributed by atoms with E-state index >= 15 is 0 Å². The molecule has 104 valence electrons. The smallest absolute Gasteiger partial charge is 0.337 e. The largest absolute Gasteiger partial charge is 0.478 e. The number of carbonyl (C=O) groups is 1. The number of rotatable bonds is 3. The molecule has 1 fully saturated rings. The first-order chi connectivity index (χ1) is 9.13. The van der Waals surface area contributed by atoms with Crippen LogP contribution in [0.25, 0.3) is 0 Å². The Hall–Kier alpha value is -1.22. The lowest BCUT2D eigenvalue weighted by Crippen LogP contribution is -2.35. The minimum absolute atomic E-state index is 0.313. The van der Waals surface area contributed by atoms with E-state index in [4.69, 9.17) is 11.6 Å². The maximum Gasteiger partial charge on any atom is 0.337 e. The number of nitrogens with zero attached hydrogens (tertiary/aromatic N) is 1. The minimum atomic E-state index is -0.906. The molecule has 2 rings (SSSR count). The van der Waals surface area contributed by atoms with Crippen LogP contribution in [0.5, 0.6) is 0 Å². The zero-order chi connectivity index (χ0) is 13.8. The van der Waals surface area contributed by atoms with Crippen LogP contribution in [-0.4, -0.2) is 23.7 Å². The highest BCUT2D eigenvalue weighted by Gasteiger charge is 2.23. The van der Waals surface area contributed by atoms with Crippen LogP contribution in [-0.2, 0) is 0 Å². The highest BCUT2D eigenvalue weighted by Crippen LogP contribution is 2.30. The fourth-order valence-corrected chi connectivity index (χ4v) is 3.02. The average molecular weight is 282 g/mol. The van der Waals surface area contributed by atoms with Gasteiger partial charge in [0.25, 0.3) is 0 Å². The zero-order valence-corrected chi connectivity index (χ0v) is 12.0. The van der Waals surface area contributed by atoms with Gasteiger partial charge in [0.15, 0.2) is 0 Å². The van der Waals surface area contributed by atoms with Gasteiger partial charge in [0.1, 0.15) is 0 Å². The summed E-state index contributed by atoms with van der Waals surface area (Å²) in [7, 11) is 0. The summed E-state index contributed by atoms with van der Waals surface area (Å²) in [6.45, 7) is 3.10. The number of halogens is 1. The molecule has 0 radical (unpaired) electrons. The SMILES string of the molecule is CCC1CCCCCN1c1ccc(Cl)cc1C(=O)O. The van der Waals surface area contributed by atoms with Gasteiger partial charge in [-0.25, -0.2) is 4.79 Å². The first-order valence-corrected chi connectivity index (χ1v) is 7.30. The van der Waals surface area contributed by atoms with Crippen LogP contribution in [0.15, 0.2) is 18.2 Å². The molecule has 1 unspecified atom stereocenters. The molecule has 1 aromatic carbocycles. The first kappa shape index (κ1) is 14.2. The Balaban J connectivity index is 2.40. The summed E-state index contributed by atoms with van der Waals surface area (Å²) in [4.78, 5) is 13.7. The van der Waals surface area contributed by atoms with E-state index in [1.54, 1.807) is 12.1 Å². The lowest BCUT2D eigenvalue weighted by atomic mass is 10.1. The second-order valence-corrected chi connectivity index (χ2v) is 5.51. The van der Waals surface area contributed by atoms with Gasteiger partial charge < -0.3 is 10.0 Å². The maximum absolute atomic E-state index is 11.4. The Morgan fingerprint density at radius 3 is 2.89 bits per heavy atom. The third-order valence-electron chi connectivity index (χ3n) is 3.85. The van der Waals surface area contributed by atoms with Gasteiger partial charge in [0.2, 0.25) is 0 Å². The third kappa shape index (κ3) is 3.21. The molecule has 1 N–H and O–H groups in total. The molecule has 1 aliphatic heterocycles. The summed E-state index contributed by atoms with van der Waals surface area (Å²) in [5.41, 5.74) is 1.12. The monoisotopic (exact) mass is 281 g/mol. The Kier molecular flexibility index (Phi) is 4.70. The Morgan fingerprint density at radius 1 is 1.42 bits per heavy atom. The first-order valence-electron chi connectivity index (χ1n) is 6.93. The molecule has 1 aliphatic rings. The highest BCUT2D eigenvalue weighted by molar-refractivity contribution is 6.31. The van der Waals surface area contributed by atoms with Gasteiger partial charge in [-0.05, 0) is 37.5 Å². The van der Waals surface area contributed by atoms with Crippen LogP contribution in [0.1, 0.15) is 49.4 Å². The molecule has 19 heavy (non-hydrogen) atoms. The van der Waals surface area contributed by atoms with E-state index in [-0.39, 0.29) is 0 Å². The summed E-state index contributed by atoms with van der Waals surface area (Å²) in [5.74, 6) is -0.906. The quantitative estimate of drug-likeness (QED) is 0.903. The van der Waals surface area contributed by atoms with Crippen molar-refractivity contribution >= 4 is 23.3 Å². The molecule has 0 bridgehead atoms. The van der Waals surface area contributed by atoms with Crippen molar-refractivity contribution in [1.29, 1.82) is 0 Å². The minimum Gasteiger partial charge on any atom is -0.478 e. The van der Waals surface area contributed by atoms with Crippen molar-refractivity contribution in [2.24, 2.45) is 0 Å². The molecule has 0 amide bonds. The highest BCUT2D eigenvalue weighted by atomic mass is 35.5. The molecule has 1 aromatic rings. The van der Waals surface area contributed by atoms with Gasteiger partial charge in [0, 0.05) is 17.6 Å². The van der Waals surface area contributed by atoms with Crippen LogP contribution in [0.2, 0.25) is 5.02 Å². The molecule has 1 heterocycles. The Morgan fingerprint density at radius 2 is 2.21 bits per heavy atom. The Bertz CT molecular complexity index is 461. The van der Waals surface area contributed by atoms with Gasteiger partial charge in [-0.1, -0.05) is 31.4 Å². The van der Waals surface area contributed by atoms with Crippen molar-refractivity contribution in [3.05, 3.63) is 28.8 Å².